The van der Waals surface area contributed by atoms with Crippen LogP contribution in [0.1, 0.15) is 73.5 Å². The van der Waals surface area contributed by atoms with Crippen LogP contribution in [0.5, 0.6) is 5.75 Å². The number of nitrogens with one attached hydrogen (secondary N) is 3. The van der Waals surface area contributed by atoms with Crippen molar-refractivity contribution in [1.29, 1.82) is 0 Å². The van der Waals surface area contributed by atoms with Gasteiger partial charge in [0, 0.05) is 76.4 Å². The third-order valence-electron chi connectivity index (χ3n) is 13.7. The van der Waals surface area contributed by atoms with Crippen molar-refractivity contribution in [3.63, 3.8) is 0 Å². The number of para-hydroxylation sites is 1. The zero-order valence-electron chi connectivity index (χ0n) is 30.4. The first kappa shape index (κ1) is 32.8. The number of H-pyrrole nitrogens is 2. The first-order valence-corrected chi connectivity index (χ1v) is 19.0. The van der Waals surface area contributed by atoms with E-state index in [9.17, 15) is 9.59 Å². The zero-order chi connectivity index (χ0) is 35.2. The summed E-state index contributed by atoms with van der Waals surface area (Å²) in [4.78, 5) is 38.2. The maximum atomic E-state index is 14.2. The molecule has 268 valence electrons. The molecular weight excluding hydrogens is 640 g/mol. The molecule has 6 bridgehead atoms. The molecule has 3 unspecified atom stereocenters. The lowest BCUT2D eigenvalue weighted by molar-refractivity contribution is -0.162. The van der Waals surface area contributed by atoms with Gasteiger partial charge in [0.2, 0.25) is 0 Å². The summed E-state index contributed by atoms with van der Waals surface area (Å²) in [5.41, 5.74) is 8.40. The monoisotopic (exact) mass is 690 g/mol. The number of nitrogens with zero attached hydrogens (tertiary/aromatic N) is 1. The van der Waals surface area contributed by atoms with Gasteiger partial charge >= 0.3 is 11.9 Å². The number of benzene rings is 2. The van der Waals surface area contributed by atoms with Gasteiger partial charge in [-0.3, -0.25) is 14.5 Å². The third-order valence-corrected chi connectivity index (χ3v) is 13.7. The van der Waals surface area contributed by atoms with Crippen LogP contribution >= 0.6 is 0 Å². The van der Waals surface area contributed by atoms with E-state index in [-0.39, 0.29) is 41.8 Å². The highest BCUT2D eigenvalue weighted by molar-refractivity contribution is 5.93. The number of hydrogen-bond donors (Lipinski definition) is 3. The first-order chi connectivity index (χ1) is 24.8. The Labute approximate surface area is 299 Å². The lowest BCUT2D eigenvalue weighted by atomic mass is 9.56. The van der Waals surface area contributed by atoms with Gasteiger partial charge in [0.25, 0.3) is 0 Å². The van der Waals surface area contributed by atoms with Gasteiger partial charge in [-0.25, -0.2) is 0 Å². The molecule has 4 aliphatic heterocycles. The van der Waals surface area contributed by atoms with Crippen LogP contribution in [-0.4, -0.2) is 79.9 Å². The summed E-state index contributed by atoms with van der Waals surface area (Å²) in [6, 6.07) is 13.1. The predicted octanol–water partition coefficient (Wildman–Crippen LogP) is 6.15. The smallest absolute Gasteiger partial charge is 0.319 e. The van der Waals surface area contributed by atoms with E-state index >= 15 is 0 Å². The molecule has 0 spiro atoms. The van der Waals surface area contributed by atoms with E-state index in [2.05, 4.69) is 76.5 Å². The molecule has 10 rings (SSSR count). The number of hydrogen-bond acceptors (Lipinski definition) is 7. The molecular formula is C42H50N4O5. The quantitative estimate of drug-likeness (QED) is 0.170. The van der Waals surface area contributed by atoms with Crippen LogP contribution in [0.4, 0.5) is 0 Å². The van der Waals surface area contributed by atoms with Gasteiger partial charge in [0.15, 0.2) is 0 Å². The summed E-state index contributed by atoms with van der Waals surface area (Å²) in [6.07, 6.45) is 7.53. The number of piperidine rings is 3. The molecule has 2 aromatic carbocycles. The Morgan fingerprint density at radius 1 is 1.02 bits per heavy atom. The average Bonchev–Trinajstić information content (AvgIpc) is 3.68. The lowest BCUT2D eigenvalue weighted by Crippen LogP contribution is -2.67. The van der Waals surface area contributed by atoms with Gasteiger partial charge in [-0.15, -0.1) is 0 Å². The van der Waals surface area contributed by atoms with Crippen LogP contribution in [0.25, 0.3) is 21.8 Å². The Hall–Kier alpha value is -4.08. The van der Waals surface area contributed by atoms with Crippen molar-refractivity contribution in [1.82, 2.24) is 20.2 Å². The van der Waals surface area contributed by atoms with Crippen molar-refractivity contribution in [3.05, 3.63) is 76.1 Å². The minimum absolute atomic E-state index is 0.00336. The van der Waals surface area contributed by atoms with Gasteiger partial charge in [0.05, 0.1) is 27.2 Å². The highest BCUT2D eigenvalue weighted by Crippen LogP contribution is 2.56. The van der Waals surface area contributed by atoms with Crippen molar-refractivity contribution in [2.24, 2.45) is 23.7 Å². The second kappa shape index (κ2) is 12.3. The second-order valence-corrected chi connectivity index (χ2v) is 15.8. The van der Waals surface area contributed by atoms with E-state index in [1.165, 1.54) is 41.3 Å². The summed E-state index contributed by atoms with van der Waals surface area (Å²) in [7, 11) is 4.82. The highest BCUT2D eigenvalue weighted by Gasteiger charge is 2.62. The van der Waals surface area contributed by atoms with Crippen LogP contribution in [0.2, 0.25) is 0 Å². The number of ether oxygens (including phenoxy) is 3. The van der Waals surface area contributed by atoms with Crippen molar-refractivity contribution in [2.75, 3.05) is 41.0 Å². The van der Waals surface area contributed by atoms with Crippen molar-refractivity contribution < 1.29 is 23.8 Å². The van der Waals surface area contributed by atoms with Crippen LogP contribution in [0.3, 0.4) is 0 Å². The maximum absolute atomic E-state index is 14.2. The number of carbonyl (C=O) groups is 2. The minimum atomic E-state index is -0.724. The number of allylic oxidation sites excluding steroid dienone is 1. The summed E-state index contributed by atoms with van der Waals surface area (Å²) in [5.74, 6) is 1.07. The number of rotatable bonds is 5. The Balaban J connectivity index is 1.26. The molecule has 1 saturated carbocycles. The molecule has 2 aromatic heterocycles. The summed E-state index contributed by atoms with van der Waals surface area (Å²) >= 11 is 0. The van der Waals surface area contributed by atoms with E-state index in [4.69, 9.17) is 14.2 Å². The summed E-state index contributed by atoms with van der Waals surface area (Å²) in [6.45, 7) is 7.08. The minimum Gasteiger partial charge on any atom is -0.496 e. The Morgan fingerprint density at radius 3 is 2.63 bits per heavy atom. The first-order valence-electron chi connectivity index (χ1n) is 19.0. The Kier molecular flexibility index (Phi) is 7.89. The number of methoxy groups -OCH3 is 3. The van der Waals surface area contributed by atoms with E-state index in [0.29, 0.717) is 18.3 Å². The molecule has 9 atom stereocenters. The fourth-order valence-electron chi connectivity index (χ4n) is 11.7. The molecule has 2 aliphatic carbocycles. The van der Waals surface area contributed by atoms with Crippen LogP contribution < -0.4 is 10.1 Å². The molecule has 3 saturated heterocycles. The molecule has 51 heavy (non-hydrogen) atoms. The number of aromatic amines is 2. The fourth-order valence-corrected chi connectivity index (χ4v) is 11.7. The van der Waals surface area contributed by atoms with Gasteiger partial charge < -0.3 is 29.5 Å². The second-order valence-electron chi connectivity index (χ2n) is 15.8. The average molecular weight is 691 g/mol. The fraction of sp³-hybridized carbons (Fsp3) is 0.524. The van der Waals surface area contributed by atoms with E-state index in [0.717, 1.165) is 78.7 Å². The predicted molar refractivity (Wildman–Crippen MR) is 197 cm³/mol. The van der Waals surface area contributed by atoms with Crippen molar-refractivity contribution in [2.45, 2.75) is 75.8 Å². The highest BCUT2D eigenvalue weighted by atomic mass is 16.5. The number of esters is 2. The summed E-state index contributed by atoms with van der Waals surface area (Å²) in [5, 5.41) is 6.02. The number of carbonyl (C=O) groups excluding carboxylic acids is 2. The molecule has 4 aromatic rings. The normalized spacial score (nSPS) is 33.2. The van der Waals surface area contributed by atoms with Crippen molar-refractivity contribution >= 4 is 33.7 Å². The Morgan fingerprint density at radius 2 is 1.86 bits per heavy atom. The van der Waals surface area contributed by atoms with Gasteiger partial charge in [-0.05, 0) is 86.1 Å². The van der Waals surface area contributed by atoms with Crippen LogP contribution in [0, 0.1) is 23.7 Å². The maximum Gasteiger partial charge on any atom is 0.319 e. The van der Waals surface area contributed by atoms with Crippen LogP contribution in [0.15, 0.2) is 48.0 Å². The van der Waals surface area contributed by atoms with Crippen LogP contribution in [-0.2, 0) is 37.3 Å². The molecule has 0 amide bonds. The van der Waals surface area contributed by atoms with E-state index in [1.807, 2.05) is 0 Å². The molecule has 6 aliphatic rings. The SMILES string of the molecule is C/C=C1/CN[C@@H]2Cc3c([nH]c4ccccc34)[C@@H](c3cc4[nH]c5c(c4cc3OC)CCN3C[C@H]4C[C@H](CC)[C@H]3[C@@]5(C(=O)OC)C4)CC1C2C(=O)OC. The Bertz CT molecular complexity index is 2080. The molecule has 4 fully saturated rings. The molecule has 3 N–H and O–H groups in total. The molecule has 6 heterocycles. The zero-order valence-corrected chi connectivity index (χ0v) is 30.4. The lowest BCUT2D eigenvalue weighted by Gasteiger charge is -2.57. The number of fused-ring (bicyclic) bond motifs is 9. The van der Waals surface area contributed by atoms with E-state index in [1.54, 1.807) is 14.2 Å². The van der Waals surface area contributed by atoms with Crippen molar-refractivity contribution in [3.8, 4) is 5.75 Å². The summed E-state index contributed by atoms with van der Waals surface area (Å²) < 4.78 is 17.5. The molecule has 9 nitrogen and oxygen atoms in total. The van der Waals surface area contributed by atoms with E-state index < -0.39 is 5.41 Å². The largest absolute Gasteiger partial charge is 0.496 e. The molecule has 9 heteroatoms. The van der Waals surface area contributed by atoms with Gasteiger partial charge in [-0.2, -0.15) is 0 Å². The topological polar surface area (TPSA) is 109 Å². The molecule has 0 radical (unpaired) electrons. The standard InChI is InChI=1S/C42H50N4O5/c1-6-23-14-22-19-42(41(48)51-5)38-26(12-13-46(21-22)39(23)42)28-18-35(49-3)29(16-33(28)45-38)30-15-27-24(7-2)20-43-34(36(27)40(47)50-4)17-31-25-10-8-9-11-32(25)44-37(30)31/h7-11,16,18,22-23,27,30,34,36,39,43-45H,6,12-15,17,19-21H2,1-5H3/b24-7-/t22-,23-,27?,30+,34+,36?,39-,42+/m0/s1. The number of aromatic nitrogens is 2. The third kappa shape index (κ3) is 4.66. The van der Waals surface area contributed by atoms with Gasteiger partial charge in [0.1, 0.15) is 11.2 Å². The van der Waals surface area contributed by atoms with Gasteiger partial charge in [-0.1, -0.05) is 43.2 Å².